The normalized spacial score (nSPS) is 22.9. The van der Waals surface area contributed by atoms with Crippen LogP contribution >= 0.6 is 0 Å². The molecule has 0 N–H and O–H groups in total. The van der Waals surface area contributed by atoms with Gasteiger partial charge in [0.1, 0.15) is 6.61 Å². The molecule has 0 saturated carbocycles. The molecule has 6 rings (SSSR count). The van der Waals surface area contributed by atoms with E-state index in [1.807, 2.05) is 15.8 Å². The highest BCUT2D eigenvalue weighted by Crippen LogP contribution is 2.45. The Hall–Kier alpha value is -3.41. The first-order valence-electron chi connectivity index (χ1n) is 13.5. The lowest BCUT2D eigenvalue weighted by Crippen LogP contribution is -2.55. The van der Waals surface area contributed by atoms with Gasteiger partial charge in [-0.2, -0.15) is 5.10 Å². The van der Waals surface area contributed by atoms with E-state index in [4.69, 9.17) is 4.74 Å². The van der Waals surface area contributed by atoms with Gasteiger partial charge < -0.3 is 9.64 Å². The van der Waals surface area contributed by atoms with Gasteiger partial charge in [0.15, 0.2) is 5.78 Å². The minimum atomic E-state index is -0.233. The van der Waals surface area contributed by atoms with Gasteiger partial charge in [-0.3, -0.25) is 9.48 Å². The van der Waals surface area contributed by atoms with Crippen LogP contribution in [0.15, 0.2) is 60.9 Å². The lowest BCUT2D eigenvalue weighted by molar-refractivity contribution is 0.00650. The van der Waals surface area contributed by atoms with Crippen LogP contribution < -0.4 is 0 Å². The van der Waals surface area contributed by atoms with E-state index in [9.17, 15) is 9.59 Å². The number of nitrogens with zero attached hydrogens (tertiary/aromatic N) is 3. The van der Waals surface area contributed by atoms with Crippen LogP contribution in [0.4, 0.5) is 4.79 Å². The minimum Gasteiger partial charge on any atom is -0.448 e. The van der Waals surface area contributed by atoms with Gasteiger partial charge >= 0.3 is 6.09 Å². The van der Waals surface area contributed by atoms with Crippen LogP contribution in [0.1, 0.15) is 80.3 Å². The summed E-state index contributed by atoms with van der Waals surface area (Å²) >= 11 is 0. The summed E-state index contributed by atoms with van der Waals surface area (Å²) in [5.41, 5.74) is 5.40. The summed E-state index contributed by atoms with van der Waals surface area (Å²) in [6, 6.07) is 16.9. The first-order chi connectivity index (χ1) is 17.8. The number of carbonyl (C=O) groups is 2. The fourth-order valence-corrected chi connectivity index (χ4v) is 6.61. The van der Waals surface area contributed by atoms with Gasteiger partial charge in [0.25, 0.3) is 0 Å². The van der Waals surface area contributed by atoms with E-state index in [-0.39, 0.29) is 41.3 Å². The molecule has 2 fully saturated rings. The Balaban J connectivity index is 1.15. The average molecular weight is 498 g/mol. The van der Waals surface area contributed by atoms with Crippen molar-refractivity contribution in [1.29, 1.82) is 0 Å². The second-order valence-electron chi connectivity index (χ2n) is 11.8. The standard InChI is InChI=1S/C31H35N3O3/c1-31(2,3)33-18-21(17-32-33)29(35)20-15-22-9-8-10-23(16-20)34(22)30(36)37-19-28-26-13-6-4-11-24(26)25-12-5-7-14-27(25)28/h4-7,11-14,17-18,20,22-23,28H,8-10,15-16,19H2,1-3H3. The zero-order valence-electron chi connectivity index (χ0n) is 21.9. The van der Waals surface area contributed by atoms with Crippen LogP contribution in [-0.2, 0) is 10.3 Å². The molecule has 192 valence electrons. The Labute approximate surface area is 218 Å². The van der Waals surface area contributed by atoms with Crippen LogP contribution in [0, 0.1) is 5.92 Å². The van der Waals surface area contributed by atoms with Gasteiger partial charge in [0.05, 0.1) is 17.3 Å². The molecule has 37 heavy (non-hydrogen) atoms. The molecule has 2 aliphatic heterocycles. The summed E-state index contributed by atoms with van der Waals surface area (Å²) in [7, 11) is 0. The molecule has 3 aliphatic rings. The monoisotopic (exact) mass is 497 g/mol. The zero-order valence-corrected chi connectivity index (χ0v) is 21.9. The Kier molecular flexibility index (Phi) is 5.93. The average Bonchev–Trinajstić information content (AvgIpc) is 3.50. The highest BCUT2D eigenvalue weighted by atomic mass is 16.6. The van der Waals surface area contributed by atoms with E-state index in [1.165, 1.54) is 22.3 Å². The van der Waals surface area contributed by atoms with Crippen molar-refractivity contribution in [1.82, 2.24) is 14.7 Å². The molecule has 0 spiro atoms. The van der Waals surface area contributed by atoms with Gasteiger partial charge in [-0.15, -0.1) is 0 Å². The number of piperidine rings is 2. The van der Waals surface area contributed by atoms with Gasteiger partial charge in [-0.05, 0) is 75.1 Å². The van der Waals surface area contributed by atoms with Crippen molar-refractivity contribution in [2.24, 2.45) is 5.92 Å². The van der Waals surface area contributed by atoms with Crippen molar-refractivity contribution >= 4 is 11.9 Å². The van der Waals surface area contributed by atoms with Gasteiger partial charge in [-0.25, -0.2) is 4.79 Å². The molecule has 2 aromatic carbocycles. The predicted molar refractivity (Wildman–Crippen MR) is 143 cm³/mol. The summed E-state index contributed by atoms with van der Waals surface area (Å²) < 4.78 is 7.88. The SMILES string of the molecule is CC(C)(C)n1cc(C(=O)C2CC3CCCC(C2)N3C(=O)OCC2c3ccccc3-c3ccccc32)cn1. The Morgan fingerprint density at radius 1 is 0.946 bits per heavy atom. The molecule has 0 radical (unpaired) electrons. The number of fused-ring (bicyclic) bond motifs is 5. The molecule has 1 aromatic heterocycles. The van der Waals surface area contributed by atoms with Crippen LogP contribution in [0.5, 0.6) is 0 Å². The highest BCUT2D eigenvalue weighted by molar-refractivity contribution is 5.97. The van der Waals surface area contributed by atoms with Gasteiger partial charge in [-0.1, -0.05) is 48.5 Å². The summed E-state index contributed by atoms with van der Waals surface area (Å²) in [4.78, 5) is 28.8. The van der Waals surface area contributed by atoms with E-state index < -0.39 is 0 Å². The molecule has 1 amide bonds. The first-order valence-corrected chi connectivity index (χ1v) is 13.5. The fraction of sp³-hybridized carbons (Fsp3) is 0.452. The summed E-state index contributed by atoms with van der Waals surface area (Å²) in [6.07, 6.45) is 7.66. The van der Waals surface area contributed by atoms with E-state index in [0.717, 1.165) is 19.3 Å². The molecule has 6 nitrogen and oxygen atoms in total. The Morgan fingerprint density at radius 3 is 2.11 bits per heavy atom. The van der Waals surface area contributed by atoms with E-state index in [1.54, 1.807) is 6.20 Å². The second-order valence-corrected chi connectivity index (χ2v) is 11.8. The van der Waals surface area contributed by atoms with Gasteiger partial charge in [0.2, 0.25) is 0 Å². The largest absolute Gasteiger partial charge is 0.448 e. The van der Waals surface area contributed by atoms with Crippen molar-refractivity contribution in [2.45, 2.75) is 76.4 Å². The molecular formula is C31H35N3O3. The minimum absolute atomic E-state index is 0.0506. The van der Waals surface area contributed by atoms with Crippen molar-refractivity contribution in [3.63, 3.8) is 0 Å². The number of rotatable bonds is 4. The van der Waals surface area contributed by atoms with Crippen molar-refractivity contribution in [3.8, 4) is 11.1 Å². The maximum atomic E-state index is 13.5. The molecule has 1 aliphatic carbocycles. The fourth-order valence-electron chi connectivity index (χ4n) is 6.61. The summed E-state index contributed by atoms with van der Waals surface area (Å²) in [6.45, 7) is 6.56. The summed E-state index contributed by atoms with van der Waals surface area (Å²) in [5, 5.41) is 4.42. The molecule has 2 atom stereocenters. The number of ether oxygens (including phenoxy) is 1. The third kappa shape index (κ3) is 4.26. The molecule has 6 heteroatoms. The number of benzene rings is 2. The Morgan fingerprint density at radius 2 is 1.54 bits per heavy atom. The molecule has 2 saturated heterocycles. The molecular weight excluding hydrogens is 462 g/mol. The third-order valence-electron chi connectivity index (χ3n) is 8.45. The zero-order chi connectivity index (χ0) is 25.7. The van der Waals surface area contributed by atoms with E-state index in [0.29, 0.717) is 25.0 Å². The topological polar surface area (TPSA) is 64.4 Å². The van der Waals surface area contributed by atoms with Crippen LogP contribution in [-0.4, -0.2) is 45.2 Å². The predicted octanol–water partition coefficient (Wildman–Crippen LogP) is 6.40. The smallest absolute Gasteiger partial charge is 0.410 e. The van der Waals surface area contributed by atoms with Crippen LogP contribution in [0.3, 0.4) is 0 Å². The second kappa shape index (κ2) is 9.16. The molecule has 2 unspecified atom stereocenters. The lowest BCUT2D eigenvalue weighted by atomic mass is 9.76. The van der Waals surface area contributed by atoms with Crippen molar-refractivity contribution in [3.05, 3.63) is 77.6 Å². The Bertz CT molecular complexity index is 1280. The van der Waals surface area contributed by atoms with Gasteiger partial charge in [0, 0.05) is 30.1 Å². The van der Waals surface area contributed by atoms with E-state index in [2.05, 4.69) is 74.4 Å². The molecule has 3 heterocycles. The number of aromatic nitrogens is 2. The third-order valence-corrected chi connectivity index (χ3v) is 8.45. The highest BCUT2D eigenvalue weighted by Gasteiger charge is 2.44. The van der Waals surface area contributed by atoms with Crippen LogP contribution in [0.2, 0.25) is 0 Å². The maximum Gasteiger partial charge on any atom is 0.410 e. The number of hydrogen-bond acceptors (Lipinski definition) is 4. The van der Waals surface area contributed by atoms with Crippen molar-refractivity contribution < 1.29 is 14.3 Å². The van der Waals surface area contributed by atoms with Crippen molar-refractivity contribution in [2.75, 3.05) is 6.61 Å². The lowest BCUT2D eigenvalue weighted by Gasteiger charge is -2.47. The number of hydrogen-bond donors (Lipinski definition) is 0. The quantitative estimate of drug-likeness (QED) is 0.391. The molecule has 2 bridgehead atoms. The number of ketones is 1. The summed E-state index contributed by atoms with van der Waals surface area (Å²) in [5.74, 6) is 0.125. The first kappa shape index (κ1) is 24.0. The number of amides is 1. The van der Waals surface area contributed by atoms with E-state index >= 15 is 0 Å². The number of carbonyl (C=O) groups excluding carboxylic acids is 2. The maximum absolute atomic E-state index is 13.5. The number of Topliss-reactive ketones (excluding diaryl/α,β-unsaturated/α-hetero) is 1. The van der Waals surface area contributed by atoms with Crippen LogP contribution in [0.25, 0.3) is 11.1 Å². The molecule has 3 aromatic rings.